The Labute approximate surface area is 179 Å². The van der Waals surface area contributed by atoms with Gasteiger partial charge in [-0.2, -0.15) is 0 Å². The van der Waals surface area contributed by atoms with Gasteiger partial charge in [-0.3, -0.25) is 14.9 Å². The Balaban J connectivity index is 2.20. The summed E-state index contributed by atoms with van der Waals surface area (Å²) in [7, 11) is 0. The molecule has 0 aliphatic heterocycles. The molecule has 156 valence electrons. The molecular formula is C20H22Cl2N2O5. The molecule has 1 amide bonds. The summed E-state index contributed by atoms with van der Waals surface area (Å²) in [5.41, 5.74) is -0.0861. The van der Waals surface area contributed by atoms with Gasteiger partial charge < -0.3 is 14.8 Å². The van der Waals surface area contributed by atoms with Crippen LogP contribution in [0, 0.1) is 10.1 Å². The lowest BCUT2D eigenvalue weighted by Gasteiger charge is -2.12. The molecule has 2 rings (SSSR count). The van der Waals surface area contributed by atoms with Gasteiger partial charge in [0.15, 0.2) is 5.75 Å². The molecule has 2 aromatic rings. The van der Waals surface area contributed by atoms with E-state index in [1.807, 2.05) is 0 Å². The van der Waals surface area contributed by atoms with E-state index >= 15 is 0 Å². The zero-order chi connectivity index (χ0) is 21.4. The maximum atomic E-state index is 12.6. The minimum absolute atomic E-state index is 0.0376. The number of rotatable bonds is 10. The molecule has 0 aromatic heterocycles. The van der Waals surface area contributed by atoms with Crippen LogP contribution in [-0.2, 0) is 0 Å². The molecule has 0 fully saturated rings. The van der Waals surface area contributed by atoms with Crippen molar-refractivity contribution in [3.63, 3.8) is 0 Å². The first-order chi connectivity index (χ1) is 13.9. The maximum Gasteiger partial charge on any atom is 0.296 e. The van der Waals surface area contributed by atoms with Crippen LogP contribution in [0.5, 0.6) is 11.5 Å². The van der Waals surface area contributed by atoms with Crippen molar-refractivity contribution in [1.82, 2.24) is 0 Å². The van der Waals surface area contributed by atoms with Crippen molar-refractivity contribution in [2.24, 2.45) is 0 Å². The topological polar surface area (TPSA) is 90.7 Å². The molecule has 0 aliphatic rings. The third-order valence-electron chi connectivity index (χ3n) is 3.98. The number of carbonyl (C=O) groups is 1. The van der Waals surface area contributed by atoms with Crippen LogP contribution in [-0.4, -0.2) is 24.0 Å². The molecule has 0 unspecified atom stereocenters. The smallest absolute Gasteiger partial charge is 0.296 e. The molecule has 0 heterocycles. The highest BCUT2D eigenvalue weighted by molar-refractivity contribution is 6.37. The Kier molecular flexibility index (Phi) is 8.54. The van der Waals surface area contributed by atoms with Crippen LogP contribution in [0.1, 0.15) is 43.5 Å². The molecule has 9 heteroatoms. The first kappa shape index (κ1) is 22.8. The molecule has 0 aliphatic carbocycles. The quantitative estimate of drug-likeness (QED) is 0.272. The van der Waals surface area contributed by atoms with Gasteiger partial charge in [0, 0.05) is 5.56 Å². The van der Waals surface area contributed by atoms with Crippen molar-refractivity contribution in [1.29, 1.82) is 0 Å². The number of benzene rings is 2. The van der Waals surface area contributed by atoms with Gasteiger partial charge in [-0.05, 0) is 37.6 Å². The number of nitrogens with zero attached hydrogens (tertiary/aromatic N) is 1. The summed E-state index contributed by atoms with van der Waals surface area (Å²) in [6.45, 7) is 4.69. The summed E-state index contributed by atoms with van der Waals surface area (Å²) in [5.74, 6) is 0.0690. The molecule has 29 heavy (non-hydrogen) atoms. The van der Waals surface area contributed by atoms with Crippen molar-refractivity contribution >= 4 is 40.5 Å². The van der Waals surface area contributed by atoms with E-state index in [0.717, 1.165) is 19.3 Å². The van der Waals surface area contributed by atoms with Crippen molar-refractivity contribution < 1.29 is 19.2 Å². The zero-order valence-electron chi connectivity index (χ0n) is 16.2. The number of nitro groups is 1. The number of ether oxygens (including phenoxy) is 2. The maximum absolute atomic E-state index is 12.6. The highest BCUT2D eigenvalue weighted by Crippen LogP contribution is 2.35. The van der Waals surface area contributed by atoms with E-state index in [2.05, 4.69) is 12.2 Å². The Morgan fingerprint density at radius 3 is 2.38 bits per heavy atom. The number of hydrogen-bond donors (Lipinski definition) is 1. The Morgan fingerprint density at radius 1 is 1.10 bits per heavy atom. The van der Waals surface area contributed by atoms with E-state index in [-0.39, 0.29) is 27.0 Å². The molecular weight excluding hydrogens is 419 g/mol. The number of hydrogen-bond acceptors (Lipinski definition) is 5. The van der Waals surface area contributed by atoms with Crippen molar-refractivity contribution in [2.75, 3.05) is 18.5 Å². The Morgan fingerprint density at radius 2 is 1.79 bits per heavy atom. The number of anilines is 1. The lowest BCUT2D eigenvalue weighted by atomic mass is 10.2. The highest BCUT2D eigenvalue weighted by atomic mass is 35.5. The fourth-order valence-corrected chi connectivity index (χ4v) is 3.17. The molecule has 0 spiro atoms. The molecule has 0 atom stereocenters. The van der Waals surface area contributed by atoms with Gasteiger partial charge >= 0.3 is 0 Å². The lowest BCUT2D eigenvalue weighted by Crippen LogP contribution is -2.13. The summed E-state index contributed by atoms with van der Waals surface area (Å²) >= 11 is 12.4. The van der Waals surface area contributed by atoms with E-state index in [1.165, 1.54) is 24.3 Å². The van der Waals surface area contributed by atoms with Crippen LogP contribution in [0.2, 0.25) is 10.0 Å². The number of amides is 1. The van der Waals surface area contributed by atoms with Crippen molar-refractivity contribution in [3.05, 3.63) is 56.1 Å². The van der Waals surface area contributed by atoms with Gasteiger partial charge in [0.1, 0.15) is 11.4 Å². The van der Waals surface area contributed by atoms with E-state index in [4.69, 9.17) is 32.7 Å². The fraction of sp³-hybridized carbons (Fsp3) is 0.350. The summed E-state index contributed by atoms with van der Waals surface area (Å²) in [6, 6.07) is 7.04. The summed E-state index contributed by atoms with van der Waals surface area (Å²) in [5, 5.41) is 14.2. The van der Waals surface area contributed by atoms with E-state index in [9.17, 15) is 14.9 Å². The van der Waals surface area contributed by atoms with E-state index < -0.39 is 10.8 Å². The molecule has 1 N–H and O–H groups in total. The Hall–Kier alpha value is -2.51. The predicted molar refractivity (Wildman–Crippen MR) is 114 cm³/mol. The number of carbonyl (C=O) groups excluding carboxylic acids is 1. The third kappa shape index (κ3) is 6.24. The van der Waals surface area contributed by atoms with Crippen LogP contribution in [0.4, 0.5) is 11.4 Å². The lowest BCUT2D eigenvalue weighted by molar-refractivity contribution is -0.384. The number of halogens is 2. The summed E-state index contributed by atoms with van der Waals surface area (Å²) < 4.78 is 10.9. The third-order valence-corrected chi connectivity index (χ3v) is 4.54. The largest absolute Gasteiger partial charge is 0.494 e. The zero-order valence-corrected chi connectivity index (χ0v) is 17.7. The molecule has 0 saturated heterocycles. The van der Waals surface area contributed by atoms with Crippen molar-refractivity contribution in [3.8, 4) is 11.5 Å². The van der Waals surface area contributed by atoms with Crippen LogP contribution in [0.3, 0.4) is 0 Å². The van der Waals surface area contributed by atoms with Gasteiger partial charge in [-0.25, -0.2) is 0 Å². The second kappa shape index (κ2) is 10.9. The summed E-state index contributed by atoms with van der Waals surface area (Å²) in [4.78, 5) is 23.3. The predicted octanol–water partition coefficient (Wildman–Crippen LogP) is 6.12. The van der Waals surface area contributed by atoms with Gasteiger partial charge in [-0.1, -0.05) is 43.0 Å². The monoisotopic (exact) mass is 440 g/mol. The number of unbranched alkanes of at least 4 members (excludes halogenated alkanes) is 2. The molecule has 0 radical (unpaired) electrons. The second-order valence-electron chi connectivity index (χ2n) is 6.15. The van der Waals surface area contributed by atoms with E-state index in [0.29, 0.717) is 24.7 Å². The van der Waals surface area contributed by atoms with Gasteiger partial charge in [0.2, 0.25) is 0 Å². The SMILES string of the molecule is CCCCCOc1c(Cl)cc(C(=O)Nc2ccc(OCC)cc2[N+](=O)[O-])cc1Cl. The average Bonchev–Trinajstić information content (AvgIpc) is 2.67. The highest BCUT2D eigenvalue weighted by Gasteiger charge is 2.20. The molecule has 0 saturated carbocycles. The number of nitrogens with one attached hydrogen (secondary N) is 1. The van der Waals surface area contributed by atoms with Crippen LogP contribution in [0.25, 0.3) is 0 Å². The second-order valence-corrected chi connectivity index (χ2v) is 6.96. The minimum atomic E-state index is -0.592. The number of nitro benzene ring substituents is 1. The molecule has 2 aromatic carbocycles. The first-order valence-corrected chi connectivity index (χ1v) is 9.97. The van der Waals surface area contributed by atoms with Crippen LogP contribution < -0.4 is 14.8 Å². The first-order valence-electron chi connectivity index (χ1n) is 9.21. The standard InChI is InChI=1S/C20H22Cl2N2O5/c1-3-5-6-9-29-19-15(21)10-13(11-16(19)22)20(25)23-17-8-7-14(28-4-2)12-18(17)24(26)27/h7-8,10-12H,3-6,9H2,1-2H3,(H,23,25). The molecule has 0 bridgehead atoms. The van der Waals surface area contributed by atoms with Gasteiger partial charge in [-0.15, -0.1) is 0 Å². The average molecular weight is 441 g/mol. The van der Waals surface area contributed by atoms with Gasteiger partial charge in [0.25, 0.3) is 11.6 Å². The summed E-state index contributed by atoms with van der Waals surface area (Å²) in [6.07, 6.45) is 2.95. The van der Waals surface area contributed by atoms with E-state index in [1.54, 1.807) is 13.0 Å². The fourth-order valence-electron chi connectivity index (χ4n) is 2.57. The minimum Gasteiger partial charge on any atom is -0.494 e. The molecule has 7 nitrogen and oxygen atoms in total. The van der Waals surface area contributed by atoms with Crippen LogP contribution >= 0.6 is 23.2 Å². The van der Waals surface area contributed by atoms with Crippen LogP contribution in [0.15, 0.2) is 30.3 Å². The Bertz CT molecular complexity index is 866. The van der Waals surface area contributed by atoms with Crippen molar-refractivity contribution in [2.45, 2.75) is 33.1 Å². The normalized spacial score (nSPS) is 10.5. The van der Waals surface area contributed by atoms with Gasteiger partial charge in [0.05, 0.1) is 34.2 Å².